The fraction of sp³-hybridized carbons (Fsp3) is 0.0625. The predicted octanol–water partition coefficient (Wildman–Crippen LogP) is 4.33. The second-order valence-electron chi connectivity index (χ2n) is 4.46. The minimum Gasteiger partial charge on any atom is -0.324 e. The molecular weight excluding hydrogens is 328 g/mol. The summed E-state index contributed by atoms with van der Waals surface area (Å²) in [5.74, 6) is 0.513. The first-order chi connectivity index (χ1) is 10.3. The van der Waals surface area contributed by atoms with Gasteiger partial charge in [-0.2, -0.15) is 5.26 Å². The molecule has 1 heterocycles. The van der Waals surface area contributed by atoms with Gasteiger partial charge in [0.2, 0.25) is 5.95 Å². The van der Waals surface area contributed by atoms with Crippen molar-refractivity contribution in [2.75, 3.05) is 5.32 Å². The monoisotopic (exact) mass is 338 g/mol. The fourth-order valence-electron chi connectivity index (χ4n) is 2.05. The van der Waals surface area contributed by atoms with Gasteiger partial charge in [0.15, 0.2) is 0 Å². The van der Waals surface area contributed by atoms with Crippen LogP contribution in [0.3, 0.4) is 0 Å². The summed E-state index contributed by atoms with van der Waals surface area (Å²) in [6.45, 7) is 0. The van der Waals surface area contributed by atoms with Crippen molar-refractivity contribution in [3.05, 3.63) is 60.3 Å². The fourth-order valence-corrected chi connectivity index (χ4v) is 2.45. The molecule has 102 valence electrons. The first-order valence-corrected chi connectivity index (χ1v) is 7.31. The van der Waals surface area contributed by atoms with E-state index in [1.54, 1.807) is 6.20 Å². The summed E-state index contributed by atoms with van der Waals surface area (Å²) in [7, 11) is 0. The normalized spacial score (nSPS) is 11.8. The smallest absolute Gasteiger partial charge is 0.227 e. The molecule has 0 bridgehead atoms. The van der Waals surface area contributed by atoms with Gasteiger partial charge in [-0.05, 0) is 12.1 Å². The molecule has 1 unspecified atom stereocenters. The van der Waals surface area contributed by atoms with Crippen LogP contribution in [0.2, 0.25) is 0 Å². The van der Waals surface area contributed by atoms with Crippen molar-refractivity contribution >= 4 is 38.5 Å². The molecule has 1 atom stereocenters. The van der Waals surface area contributed by atoms with Crippen molar-refractivity contribution < 1.29 is 0 Å². The SMILES string of the molecule is N#CC(Br)c1ccccc1Nc1ncc2ccccc2n1. The van der Waals surface area contributed by atoms with Gasteiger partial charge in [-0.1, -0.05) is 52.3 Å². The number of nitrogens with one attached hydrogen (secondary N) is 1. The van der Waals surface area contributed by atoms with E-state index >= 15 is 0 Å². The van der Waals surface area contributed by atoms with E-state index in [2.05, 4.69) is 37.3 Å². The van der Waals surface area contributed by atoms with Crippen LogP contribution in [0, 0.1) is 11.3 Å². The molecule has 1 aromatic heterocycles. The van der Waals surface area contributed by atoms with Gasteiger partial charge >= 0.3 is 0 Å². The molecular formula is C16H11BrN4. The van der Waals surface area contributed by atoms with Crippen LogP contribution in [0.1, 0.15) is 10.4 Å². The van der Waals surface area contributed by atoms with E-state index in [4.69, 9.17) is 5.26 Å². The number of alkyl halides is 1. The molecule has 0 aliphatic rings. The van der Waals surface area contributed by atoms with Crippen LogP contribution in [-0.4, -0.2) is 9.97 Å². The Kier molecular flexibility index (Phi) is 3.80. The number of hydrogen-bond donors (Lipinski definition) is 1. The van der Waals surface area contributed by atoms with Crippen LogP contribution in [0.5, 0.6) is 0 Å². The Bertz CT molecular complexity index is 826. The summed E-state index contributed by atoms with van der Waals surface area (Å²) >= 11 is 3.35. The van der Waals surface area contributed by atoms with Gasteiger partial charge < -0.3 is 5.32 Å². The first kappa shape index (κ1) is 13.5. The molecule has 0 fully saturated rings. The van der Waals surface area contributed by atoms with Gasteiger partial charge in [0.25, 0.3) is 0 Å². The quantitative estimate of drug-likeness (QED) is 0.722. The van der Waals surface area contributed by atoms with Gasteiger partial charge in [-0.3, -0.25) is 0 Å². The Morgan fingerprint density at radius 1 is 1.10 bits per heavy atom. The van der Waals surface area contributed by atoms with Crippen LogP contribution >= 0.6 is 15.9 Å². The van der Waals surface area contributed by atoms with Gasteiger partial charge in [0, 0.05) is 22.8 Å². The summed E-state index contributed by atoms with van der Waals surface area (Å²) in [6, 6.07) is 17.6. The maximum absolute atomic E-state index is 9.06. The molecule has 21 heavy (non-hydrogen) atoms. The third-order valence-corrected chi connectivity index (χ3v) is 3.78. The Morgan fingerprint density at radius 2 is 1.86 bits per heavy atom. The average Bonchev–Trinajstić information content (AvgIpc) is 2.54. The number of para-hydroxylation sites is 2. The third-order valence-electron chi connectivity index (χ3n) is 3.08. The molecule has 0 saturated carbocycles. The number of nitriles is 1. The Labute approximate surface area is 130 Å². The van der Waals surface area contributed by atoms with E-state index in [9.17, 15) is 0 Å². The number of hydrogen-bond acceptors (Lipinski definition) is 4. The zero-order valence-electron chi connectivity index (χ0n) is 11.0. The summed E-state index contributed by atoms with van der Waals surface area (Å²) < 4.78 is 0. The molecule has 4 nitrogen and oxygen atoms in total. The van der Waals surface area contributed by atoms with Crippen molar-refractivity contribution in [3.8, 4) is 6.07 Å². The van der Waals surface area contributed by atoms with E-state index < -0.39 is 0 Å². The highest BCUT2D eigenvalue weighted by Gasteiger charge is 2.11. The summed E-state index contributed by atoms with van der Waals surface area (Å²) in [5.41, 5.74) is 2.55. The predicted molar refractivity (Wildman–Crippen MR) is 86.5 cm³/mol. The van der Waals surface area contributed by atoms with Crippen molar-refractivity contribution in [1.82, 2.24) is 9.97 Å². The zero-order valence-corrected chi connectivity index (χ0v) is 12.6. The molecule has 0 aliphatic heterocycles. The molecule has 1 N–H and O–H groups in total. The Morgan fingerprint density at radius 3 is 2.71 bits per heavy atom. The number of rotatable bonds is 3. The largest absolute Gasteiger partial charge is 0.324 e. The van der Waals surface area contributed by atoms with Crippen molar-refractivity contribution in [2.24, 2.45) is 0 Å². The van der Waals surface area contributed by atoms with Gasteiger partial charge in [-0.15, -0.1) is 0 Å². The van der Waals surface area contributed by atoms with E-state index in [0.717, 1.165) is 22.2 Å². The lowest BCUT2D eigenvalue weighted by atomic mass is 10.1. The molecule has 5 heteroatoms. The van der Waals surface area contributed by atoms with Gasteiger partial charge in [-0.25, -0.2) is 9.97 Å². The number of fused-ring (bicyclic) bond motifs is 1. The van der Waals surface area contributed by atoms with Crippen molar-refractivity contribution in [2.45, 2.75) is 4.83 Å². The second-order valence-corrected chi connectivity index (χ2v) is 5.37. The maximum Gasteiger partial charge on any atom is 0.227 e. The molecule has 0 radical (unpaired) electrons. The molecule has 0 saturated heterocycles. The number of benzene rings is 2. The lowest BCUT2D eigenvalue weighted by molar-refractivity contribution is 1.19. The van der Waals surface area contributed by atoms with E-state index in [1.807, 2.05) is 48.5 Å². The standard InChI is InChI=1S/C16H11BrN4/c17-13(9-18)12-6-2-4-8-15(12)21-16-19-10-11-5-1-3-7-14(11)20-16/h1-8,10,13H,(H,19,20,21). The summed E-state index contributed by atoms with van der Waals surface area (Å²) in [6.07, 6.45) is 1.78. The highest BCUT2D eigenvalue weighted by Crippen LogP contribution is 2.30. The minimum absolute atomic E-state index is 0.373. The van der Waals surface area contributed by atoms with E-state index in [1.165, 1.54) is 0 Å². The highest BCUT2D eigenvalue weighted by atomic mass is 79.9. The number of aromatic nitrogens is 2. The molecule has 0 amide bonds. The van der Waals surface area contributed by atoms with Gasteiger partial charge in [0.05, 0.1) is 11.6 Å². The average molecular weight is 339 g/mol. The topological polar surface area (TPSA) is 61.6 Å². The summed E-state index contributed by atoms with van der Waals surface area (Å²) in [4.78, 5) is 8.41. The minimum atomic E-state index is -0.373. The van der Waals surface area contributed by atoms with Crippen molar-refractivity contribution in [1.29, 1.82) is 5.26 Å². The highest BCUT2D eigenvalue weighted by molar-refractivity contribution is 9.09. The molecule has 0 spiro atoms. The summed E-state index contributed by atoms with van der Waals surface area (Å²) in [5, 5.41) is 13.2. The molecule has 3 aromatic rings. The second kappa shape index (κ2) is 5.90. The van der Waals surface area contributed by atoms with Crippen LogP contribution in [0.25, 0.3) is 10.9 Å². The van der Waals surface area contributed by atoms with Crippen LogP contribution in [-0.2, 0) is 0 Å². The lowest BCUT2D eigenvalue weighted by Crippen LogP contribution is -2.00. The van der Waals surface area contributed by atoms with Crippen LogP contribution < -0.4 is 5.32 Å². The molecule has 2 aromatic carbocycles. The van der Waals surface area contributed by atoms with Crippen molar-refractivity contribution in [3.63, 3.8) is 0 Å². The number of anilines is 2. The zero-order chi connectivity index (χ0) is 14.7. The third kappa shape index (κ3) is 2.86. The number of nitrogens with zero attached hydrogens (tertiary/aromatic N) is 3. The molecule has 3 rings (SSSR count). The van der Waals surface area contributed by atoms with Gasteiger partial charge in [0.1, 0.15) is 4.83 Å². The van der Waals surface area contributed by atoms with Crippen LogP contribution in [0.15, 0.2) is 54.7 Å². The molecule has 0 aliphatic carbocycles. The Hall–Kier alpha value is -2.45. The van der Waals surface area contributed by atoms with E-state index in [-0.39, 0.29) is 4.83 Å². The lowest BCUT2D eigenvalue weighted by Gasteiger charge is -2.11. The number of halogens is 1. The van der Waals surface area contributed by atoms with Crippen LogP contribution in [0.4, 0.5) is 11.6 Å². The first-order valence-electron chi connectivity index (χ1n) is 6.39. The maximum atomic E-state index is 9.06. The van der Waals surface area contributed by atoms with E-state index in [0.29, 0.717) is 5.95 Å². The Balaban J connectivity index is 1.97.